The molecule has 0 spiro atoms. The summed E-state index contributed by atoms with van der Waals surface area (Å²) < 4.78 is 22.2. The average molecular weight is 207 g/mol. The molecule has 2 N–H and O–H groups in total. The van der Waals surface area contributed by atoms with E-state index in [4.69, 9.17) is 5.90 Å². The van der Waals surface area contributed by atoms with Gasteiger partial charge in [-0.2, -0.15) is 0 Å². The zero-order chi connectivity index (χ0) is 9.90. The van der Waals surface area contributed by atoms with Crippen LogP contribution in [0.4, 0.5) is 0 Å². The molecule has 0 radical (unpaired) electrons. The van der Waals surface area contributed by atoms with E-state index in [0.29, 0.717) is 17.4 Å². The third-order valence-corrected chi connectivity index (χ3v) is 4.29. The molecule has 1 unspecified atom stereocenters. The molecule has 13 heavy (non-hydrogen) atoms. The van der Waals surface area contributed by atoms with Gasteiger partial charge in [-0.1, -0.05) is 0 Å². The SMILES string of the molecule is CC(CC1CCS(=O)(=O)CC1)ON. The maximum Gasteiger partial charge on any atom is 0.150 e. The predicted molar refractivity (Wildman–Crippen MR) is 50.7 cm³/mol. The van der Waals surface area contributed by atoms with E-state index in [9.17, 15) is 8.42 Å². The Hall–Kier alpha value is -0.130. The van der Waals surface area contributed by atoms with Crippen molar-refractivity contribution in [3.8, 4) is 0 Å². The van der Waals surface area contributed by atoms with Gasteiger partial charge in [0.15, 0.2) is 0 Å². The Morgan fingerprint density at radius 2 is 2.00 bits per heavy atom. The lowest BCUT2D eigenvalue weighted by atomic mass is 9.96. The van der Waals surface area contributed by atoms with Crippen LogP contribution in [-0.4, -0.2) is 26.0 Å². The zero-order valence-electron chi connectivity index (χ0n) is 7.90. The summed E-state index contributed by atoms with van der Waals surface area (Å²) in [5.41, 5.74) is 0. The summed E-state index contributed by atoms with van der Waals surface area (Å²) >= 11 is 0. The second-order valence-corrected chi connectivity index (χ2v) is 6.08. The quantitative estimate of drug-likeness (QED) is 0.683. The molecule has 0 aromatic rings. The molecule has 1 saturated heterocycles. The van der Waals surface area contributed by atoms with Gasteiger partial charge in [-0.3, -0.25) is 0 Å². The molecule has 0 aromatic carbocycles. The van der Waals surface area contributed by atoms with Crippen LogP contribution in [0.25, 0.3) is 0 Å². The molecule has 1 rings (SSSR count). The Balaban J connectivity index is 2.33. The summed E-state index contributed by atoms with van der Waals surface area (Å²) in [5, 5.41) is 0. The first-order valence-corrected chi connectivity index (χ1v) is 6.41. The lowest BCUT2D eigenvalue weighted by molar-refractivity contribution is 0.0474. The Morgan fingerprint density at radius 1 is 1.46 bits per heavy atom. The van der Waals surface area contributed by atoms with Gasteiger partial charge in [-0.05, 0) is 32.1 Å². The van der Waals surface area contributed by atoms with E-state index in [1.807, 2.05) is 6.92 Å². The molecule has 78 valence electrons. The largest absolute Gasteiger partial charge is 0.302 e. The van der Waals surface area contributed by atoms with Crippen molar-refractivity contribution in [2.75, 3.05) is 11.5 Å². The Labute approximate surface area is 79.3 Å². The van der Waals surface area contributed by atoms with E-state index in [1.165, 1.54) is 0 Å². The summed E-state index contributed by atoms with van der Waals surface area (Å²) in [5.74, 6) is 6.14. The third-order valence-electron chi connectivity index (χ3n) is 2.57. The number of nitrogens with two attached hydrogens (primary N) is 1. The van der Waals surface area contributed by atoms with Crippen LogP contribution in [-0.2, 0) is 14.7 Å². The van der Waals surface area contributed by atoms with Gasteiger partial charge in [0.25, 0.3) is 0 Å². The van der Waals surface area contributed by atoms with Crippen LogP contribution in [0.5, 0.6) is 0 Å². The fraction of sp³-hybridized carbons (Fsp3) is 1.00. The average Bonchev–Trinajstić information content (AvgIpc) is 2.08. The summed E-state index contributed by atoms with van der Waals surface area (Å²) in [4.78, 5) is 4.66. The lowest BCUT2D eigenvalue weighted by Crippen LogP contribution is -2.26. The van der Waals surface area contributed by atoms with Crippen molar-refractivity contribution in [1.29, 1.82) is 0 Å². The van der Waals surface area contributed by atoms with E-state index < -0.39 is 9.84 Å². The van der Waals surface area contributed by atoms with Gasteiger partial charge in [-0.25, -0.2) is 14.3 Å². The molecular formula is C8H17NO3S. The lowest BCUT2D eigenvalue weighted by Gasteiger charge is -2.23. The molecule has 1 heterocycles. The van der Waals surface area contributed by atoms with Gasteiger partial charge in [0.05, 0.1) is 17.6 Å². The van der Waals surface area contributed by atoms with Crippen molar-refractivity contribution in [1.82, 2.24) is 0 Å². The van der Waals surface area contributed by atoms with E-state index in [1.54, 1.807) is 0 Å². The van der Waals surface area contributed by atoms with Crippen LogP contribution in [0.1, 0.15) is 26.2 Å². The standard InChI is InChI=1S/C8H17NO3S/c1-7(12-9)6-8-2-4-13(10,11)5-3-8/h7-8H,2-6,9H2,1H3. The monoisotopic (exact) mass is 207 g/mol. The fourth-order valence-electron chi connectivity index (χ4n) is 1.70. The molecule has 0 amide bonds. The van der Waals surface area contributed by atoms with Crippen molar-refractivity contribution in [2.45, 2.75) is 32.3 Å². The highest BCUT2D eigenvalue weighted by atomic mass is 32.2. The van der Waals surface area contributed by atoms with Gasteiger partial charge in [-0.15, -0.1) is 0 Å². The minimum absolute atomic E-state index is 0.0332. The maximum absolute atomic E-state index is 11.1. The number of sulfone groups is 1. The normalized spacial score (nSPS) is 25.7. The van der Waals surface area contributed by atoms with Crippen molar-refractivity contribution in [2.24, 2.45) is 11.8 Å². The van der Waals surface area contributed by atoms with Gasteiger partial charge in [0.2, 0.25) is 0 Å². The van der Waals surface area contributed by atoms with Crippen molar-refractivity contribution >= 4 is 9.84 Å². The minimum atomic E-state index is -2.73. The third kappa shape index (κ3) is 3.62. The highest BCUT2D eigenvalue weighted by molar-refractivity contribution is 7.91. The van der Waals surface area contributed by atoms with E-state index in [2.05, 4.69) is 4.84 Å². The van der Waals surface area contributed by atoms with Crippen LogP contribution in [0.2, 0.25) is 0 Å². The Kier molecular flexibility index (Phi) is 3.70. The van der Waals surface area contributed by atoms with Gasteiger partial charge < -0.3 is 4.84 Å². The van der Waals surface area contributed by atoms with Gasteiger partial charge in [0, 0.05) is 0 Å². The molecule has 4 nitrogen and oxygen atoms in total. The van der Waals surface area contributed by atoms with Crippen LogP contribution in [0, 0.1) is 5.92 Å². The molecule has 1 aliphatic rings. The summed E-state index contributed by atoms with van der Waals surface area (Å²) in [7, 11) is -2.73. The molecule has 1 fully saturated rings. The van der Waals surface area contributed by atoms with E-state index >= 15 is 0 Å². The molecular weight excluding hydrogens is 190 g/mol. The van der Waals surface area contributed by atoms with Crippen molar-refractivity contribution in [3.63, 3.8) is 0 Å². The number of hydrogen-bond donors (Lipinski definition) is 1. The van der Waals surface area contributed by atoms with Gasteiger partial charge in [0.1, 0.15) is 9.84 Å². The Morgan fingerprint density at radius 3 is 2.46 bits per heavy atom. The topological polar surface area (TPSA) is 69.4 Å². The molecule has 5 heteroatoms. The predicted octanol–water partition coefficient (Wildman–Crippen LogP) is 0.480. The molecule has 1 aliphatic heterocycles. The first-order chi connectivity index (χ1) is 6.03. The van der Waals surface area contributed by atoms with E-state index in [-0.39, 0.29) is 6.10 Å². The summed E-state index contributed by atoms with van der Waals surface area (Å²) in [6.07, 6.45) is 2.42. The molecule has 0 saturated carbocycles. The fourth-order valence-corrected chi connectivity index (χ4v) is 3.29. The number of hydrogen-bond acceptors (Lipinski definition) is 4. The number of rotatable bonds is 3. The van der Waals surface area contributed by atoms with Crippen LogP contribution >= 0.6 is 0 Å². The van der Waals surface area contributed by atoms with Gasteiger partial charge >= 0.3 is 0 Å². The highest BCUT2D eigenvalue weighted by Gasteiger charge is 2.24. The molecule has 0 bridgehead atoms. The van der Waals surface area contributed by atoms with Crippen LogP contribution < -0.4 is 5.90 Å². The van der Waals surface area contributed by atoms with Crippen LogP contribution in [0.15, 0.2) is 0 Å². The van der Waals surface area contributed by atoms with E-state index in [0.717, 1.165) is 19.3 Å². The van der Waals surface area contributed by atoms with Crippen molar-refractivity contribution < 1.29 is 13.3 Å². The molecule has 0 aromatic heterocycles. The highest BCUT2D eigenvalue weighted by Crippen LogP contribution is 2.23. The smallest absolute Gasteiger partial charge is 0.150 e. The second kappa shape index (κ2) is 4.39. The van der Waals surface area contributed by atoms with Crippen LogP contribution in [0.3, 0.4) is 0 Å². The second-order valence-electron chi connectivity index (χ2n) is 3.78. The first kappa shape index (κ1) is 10.9. The van der Waals surface area contributed by atoms with Crippen molar-refractivity contribution in [3.05, 3.63) is 0 Å². The minimum Gasteiger partial charge on any atom is -0.302 e. The molecule has 0 aliphatic carbocycles. The summed E-state index contributed by atoms with van der Waals surface area (Å²) in [6, 6.07) is 0. The zero-order valence-corrected chi connectivity index (χ0v) is 8.72. The molecule has 1 atom stereocenters. The summed E-state index contributed by atoms with van der Waals surface area (Å²) in [6.45, 7) is 1.91. The maximum atomic E-state index is 11.1. The first-order valence-electron chi connectivity index (χ1n) is 4.59. The Bertz CT molecular complexity index is 236.